The Morgan fingerprint density at radius 1 is 1.59 bits per heavy atom. The van der Waals surface area contributed by atoms with Gasteiger partial charge < -0.3 is 20.5 Å². The van der Waals surface area contributed by atoms with Gasteiger partial charge in [-0.2, -0.15) is 0 Å². The predicted molar refractivity (Wildman–Crippen MR) is 67.7 cm³/mol. The van der Waals surface area contributed by atoms with Crippen molar-refractivity contribution in [2.75, 3.05) is 26.9 Å². The van der Waals surface area contributed by atoms with Crippen LogP contribution >= 0.6 is 0 Å². The molecule has 17 heavy (non-hydrogen) atoms. The van der Waals surface area contributed by atoms with Crippen LogP contribution in [-0.2, 0) is 14.3 Å². The van der Waals surface area contributed by atoms with Crippen molar-refractivity contribution in [1.29, 1.82) is 0 Å². The molecule has 0 rings (SSSR count). The van der Waals surface area contributed by atoms with E-state index in [1.165, 1.54) is 0 Å². The minimum absolute atomic E-state index is 0.0388. The zero-order valence-electron chi connectivity index (χ0n) is 10.8. The van der Waals surface area contributed by atoms with Gasteiger partial charge in [-0.3, -0.25) is 4.79 Å². The number of hydrogen-bond acceptors (Lipinski definition) is 4. The maximum Gasteiger partial charge on any atom is 0.237 e. The van der Waals surface area contributed by atoms with Crippen molar-refractivity contribution in [2.24, 2.45) is 5.73 Å². The molecule has 2 atom stereocenters. The molecule has 2 unspecified atom stereocenters. The Kier molecular flexibility index (Phi) is 9.71. The van der Waals surface area contributed by atoms with E-state index in [0.717, 1.165) is 6.42 Å². The third kappa shape index (κ3) is 8.85. The average molecular weight is 244 g/mol. The smallest absolute Gasteiger partial charge is 0.237 e. The molecular weight excluding hydrogens is 220 g/mol. The van der Waals surface area contributed by atoms with Crippen LogP contribution in [0, 0.1) is 0 Å². The number of amides is 1. The lowest BCUT2D eigenvalue weighted by Crippen LogP contribution is -2.43. The van der Waals surface area contributed by atoms with Gasteiger partial charge in [-0.15, -0.1) is 6.58 Å². The maximum absolute atomic E-state index is 11.6. The topological polar surface area (TPSA) is 73.6 Å². The van der Waals surface area contributed by atoms with Crippen molar-refractivity contribution < 1.29 is 14.3 Å². The van der Waals surface area contributed by atoms with Gasteiger partial charge in [-0.05, 0) is 19.8 Å². The molecule has 0 saturated carbocycles. The summed E-state index contributed by atoms with van der Waals surface area (Å²) in [6.45, 7) is 7.01. The van der Waals surface area contributed by atoms with Gasteiger partial charge in [0.1, 0.15) is 0 Å². The summed E-state index contributed by atoms with van der Waals surface area (Å²) in [4.78, 5) is 11.6. The lowest BCUT2D eigenvalue weighted by Gasteiger charge is -2.15. The highest BCUT2D eigenvalue weighted by molar-refractivity contribution is 5.81. The average Bonchev–Trinajstić information content (AvgIpc) is 2.33. The summed E-state index contributed by atoms with van der Waals surface area (Å²) in [6, 6.07) is -0.475. The Hall–Kier alpha value is -0.910. The lowest BCUT2D eigenvalue weighted by molar-refractivity contribution is -0.123. The van der Waals surface area contributed by atoms with Crippen LogP contribution in [0.15, 0.2) is 12.7 Å². The third-order valence-electron chi connectivity index (χ3n) is 2.26. The Balaban J connectivity index is 3.65. The normalized spacial score (nSPS) is 14.1. The van der Waals surface area contributed by atoms with Gasteiger partial charge in [0.05, 0.1) is 18.8 Å². The Morgan fingerprint density at radius 2 is 2.29 bits per heavy atom. The second-order valence-electron chi connectivity index (χ2n) is 3.92. The molecule has 3 N–H and O–H groups in total. The molecule has 5 nitrogen and oxygen atoms in total. The van der Waals surface area contributed by atoms with E-state index < -0.39 is 6.04 Å². The summed E-state index contributed by atoms with van der Waals surface area (Å²) in [5, 5.41) is 2.75. The van der Waals surface area contributed by atoms with E-state index in [4.69, 9.17) is 15.2 Å². The van der Waals surface area contributed by atoms with Crippen molar-refractivity contribution in [3.05, 3.63) is 12.7 Å². The number of nitrogens with one attached hydrogen (secondary N) is 1. The molecule has 0 aromatic heterocycles. The van der Waals surface area contributed by atoms with Crippen LogP contribution in [0.2, 0.25) is 0 Å². The number of methoxy groups -OCH3 is 1. The minimum Gasteiger partial charge on any atom is -0.385 e. The summed E-state index contributed by atoms with van der Waals surface area (Å²) in [5.41, 5.74) is 5.72. The number of ether oxygens (including phenoxy) is 2. The number of rotatable bonds is 10. The quantitative estimate of drug-likeness (QED) is 0.432. The standard InChI is InChI=1S/C12H24N2O3/c1-4-7-17-10(2)9-14-12(15)11(13)6-5-8-16-3/h4,10-11H,1,5-9,13H2,2-3H3,(H,14,15). The van der Waals surface area contributed by atoms with Gasteiger partial charge >= 0.3 is 0 Å². The summed E-state index contributed by atoms with van der Waals surface area (Å²) < 4.78 is 10.2. The van der Waals surface area contributed by atoms with Gasteiger partial charge in [-0.1, -0.05) is 6.08 Å². The fourth-order valence-electron chi connectivity index (χ4n) is 1.25. The monoisotopic (exact) mass is 244 g/mol. The predicted octanol–water partition coefficient (Wildman–Crippen LogP) is 0.448. The van der Waals surface area contributed by atoms with Crippen molar-refractivity contribution in [3.63, 3.8) is 0 Å². The van der Waals surface area contributed by atoms with Crippen LogP contribution in [0.4, 0.5) is 0 Å². The first-order chi connectivity index (χ1) is 8.11. The molecule has 1 amide bonds. The molecule has 0 heterocycles. The van der Waals surface area contributed by atoms with Crippen LogP contribution in [0.3, 0.4) is 0 Å². The number of nitrogens with two attached hydrogens (primary N) is 1. The van der Waals surface area contributed by atoms with E-state index in [9.17, 15) is 4.79 Å². The molecule has 0 aliphatic rings. The molecule has 0 fully saturated rings. The van der Waals surface area contributed by atoms with Crippen molar-refractivity contribution in [1.82, 2.24) is 5.32 Å². The highest BCUT2D eigenvalue weighted by atomic mass is 16.5. The number of carbonyl (C=O) groups excluding carboxylic acids is 1. The molecule has 5 heteroatoms. The summed E-state index contributed by atoms with van der Waals surface area (Å²) in [5.74, 6) is -0.143. The zero-order valence-corrected chi connectivity index (χ0v) is 10.8. The highest BCUT2D eigenvalue weighted by Crippen LogP contribution is 1.96. The van der Waals surface area contributed by atoms with Gasteiger partial charge in [-0.25, -0.2) is 0 Å². The first kappa shape index (κ1) is 16.1. The minimum atomic E-state index is -0.475. The van der Waals surface area contributed by atoms with Gasteiger partial charge in [0.25, 0.3) is 0 Å². The zero-order chi connectivity index (χ0) is 13.1. The number of carbonyl (C=O) groups is 1. The van der Waals surface area contributed by atoms with Crippen LogP contribution in [0.5, 0.6) is 0 Å². The molecule has 0 aromatic rings. The van der Waals surface area contributed by atoms with E-state index in [1.54, 1.807) is 13.2 Å². The molecule has 100 valence electrons. The fraction of sp³-hybridized carbons (Fsp3) is 0.750. The first-order valence-corrected chi connectivity index (χ1v) is 5.86. The molecule has 0 radical (unpaired) electrons. The van der Waals surface area contributed by atoms with E-state index >= 15 is 0 Å². The SMILES string of the molecule is C=CCOC(C)CNC(=O)C(N)CCCOC. The highest BCUT2D eigenvalue weighted by Gasteiger charge is 2.13. The van der Waals surface area contributed by atoms with Gasteiger partial charge in [0, 0.05) is 20.3 Å². The molecule has 0 aromatic carbocycles. The van der Waals surface area contributed by atoms with Crippen LogP contribution < -0.4 is 11.1 Å². The van der Waals surface area contributed by atoms with Crippen molar-refractivity contribution in [3.8, 4) is 0 Å². The van der Waals surface area contributed by atoms with E-state index in [-0.39, 0.29) is 12.0 Å². The number of hydrogen-bond donors (Lipinski definition) is 2. The Morgan fingerprint density at radius 3 is 2.88 bits per heavy atom. The van der Waals surface area contributed by atoms with Crippen molar-refractivity contribution in [2.45, 2.75) is 31.9 Å². The molecule has 0 aliphatic heterocycles. The Labute approximate surface area is 103 Å². The third-order valence-corrected chi connectivity index (χ3v) is 2.26. The molecule has 0 saturated heterocycles. The fourth-order valence-corrected chi connectivity index (χ4v) is 1.25. The second kappa shape index (κ2) is 10.3. The van der Waals surface area contributed by atoms with E-state index in [1.807, 2.05) is 6.92 Å². The van der Waals surface area contributed by atoms with Crippen LogP contribution in [0.1, 0.15) is 19.8 Å². The van der Waals surface area contributed by atoms with Gasteiger partial charge in [0.15, 0.2) is 0 Å². The first-order valence-electron chi connectivity index (χ1n) is 5.86. The summed E-state index contributed by atoms with van der Waals surface area (Å²) in [6.07, 6.45) is 3.05. The summed E-state index contributed by atoms with van der Waals surface area (Å²) >= 11 is 0. The largest absolute Gasteiger partial charge is 0.385 e. The van der Waals surface area contributed by atoms with Crippen LogP contribution in [0.25, 0.3) is 0 Å². The molecule has 0 aliphatic carbocycles. The second-order valence-corrected chi connectivity index (χ2v) is 3.92. The van der Waals surface area contributed by atoms with E-state index in [0.29, 0.717) is 26.2 Å². The molecule has 0 bridgehead atoms. The van der Waals surface area contributed by atoms with Crippen molar-refractivity contribution >= 4 is 5.91 Å². The maximum atomic E-state index is 11.6. The van der Waals surface area contributed by atoms with Crippen LogP contribution in [-0.4, -0.2) is 44.9 Å². The van der Waals surface area contributed by atoms with E-state index in [2.05, 4.69) is 11.9 Å². The van der Waals surface area contributed by atoms with Gasteiger partial charge in [0.2, 0.25) is 5.91 Å². The molecular formula is C12H24N2O3. The summed E-state index contributed by atoms with van der Waals surface area (Å²) in [7, 11) is 1.63. The lowest BCUT2D eigenvalue weighted by atomic mass is 10.1. The molecule has 0 spiro atoms. The Bertz CT molecular complexity index is 222.